The standard InChI is InChI=1S/C20H23ClN4O2S/c1-27-11-9-22-19-20(23-12-14-4-2-3-5-15(14)24-19)8-10-25(13-20)18(26)16-6-7-17(21)28-16/h2-7,23H,8-13H2,1H3,(H,22,24)/t20-/m1/s1. The Hall–Kier alpha value is -1.93. The van der Waals surface area contributed by atoms with Gasteiger partial charge in [-0.3, -0.25) is 15.1 Å². The highest BCUT2D eigenvalue weighted by Gasteiger charge is 2.45. The Balaban J connectivity index is 1.60. The molecule has 1 aromatic carbocycles. The van der Waals surface area contributed by atoms with E-state index in [4.69, 9.17) is 21.3 Å². The molecule has 28 heavy (non-hydrogen) atoms. The first-order valence-corrected chi connectivity index (χ1v) is 10.5. The van der Waals surface area contributed by atoms with E-state index in [2.05, 4.69) is 22.8 Å². The van der Waals surface area contributed by atoms with Crippen molar-refractivity contribution in [3.63, 3.8) is 0 Å². The predicted octanol–water partition coefficient (Wildman–Crippen LogP) is 3.25. The van der Waals surface area contributed by atoms with E-state index < -0.39 is 5.54 Å². The summed E-state index contributed by atoms with van der Waals surface area (Å²) in [7, 11) is 1.67. The summed E-state index contributed by atoms with van der Waals surface area (Å²) >= 11 is 7.34. The molecule has 6 nitrogen and oxygen atoms in total. The summed E-state index contributed by atoms with van der Waals surface area (Å²) in [5.41, 5.74) is 1.84. The molecule has 2 N–H and O–H groups in total. The number of rotatable bonds is 4. The fraction of sp³-hybridized carbons (Fsp3) is 0.400. The topological polar surface area (TPSA) is 66.0 Å². The number of carbonyl (C=O) groups is 1. The number of fused-ring (bicyclic) bond motifs is 1. The van der Waals surface area contributed by atoms with Gasteiger partial charge < -0.3 is 15.0 Å². The van der Waals surface area contributed by atoms with Crippen molar-refractivity contribution < 1.29 is 9.53 Å². The van der Waals surface area contributed by atoms with E-state index in [1.165, 1.54) is 16.9 Å². The number of benzene rings is 1. The molecule has 1 amide bonds. The highest BCUT2D eigenvalue weighted by Crippen LogP contribution is 2.31. The first-order chi connectivity index (χ1) is 13.6. The molecule has 1 aromatic heterocycles. The summed E-state index contributed by atoms with van der Waals surface area (Å²) < 4.78 is 5.80. The molecular weight excluding hydrogens is 396 g/mol. The van der Waals surface area contributed by atoms with Crippen LogP contribution in [0.1, 0.15) is 21.7 Å². The maximum absolute atomic E-state index is 12.9. The molecule has 2 aliphatic heterocycles. The zero-order valence-corrected chi connectivity index (χ0v) is 17.3. The second kappa shape index (κ2) is 8.21. The van der Waals surface area contributed by atoms with Crippen molar-refractivity contribution in [2.24, 2.45) is 4.99 Å². The van der Waals surface area contributed by atoms with E-state index in [0.717, 1.165) is 24.5 Å². The number of thiophene rings is 1. The Morgan fingerprint density at radius 3 is 3.00 bits per heavy atom. The van der Waals surface area contributed by atoms with Gasteiger partial charge in [-0.1, -0.05) is 29.8 Å². The molecule has 2 aliphatic rings. The SMILES string of the molecule is COCCN=C1Nc2ccccc2CN[C@@]12CCN(C(=O)c1ccc(Cl)s1)C2. The van der Waals surface area contributed by atoms with Gasteiger partial charge in [0.05, 0.1) is 27.9 Å². The van der Waals surface area contributed by atoms with E-state index in [1.54, 1.807) is 19.2 Å². The molecule has 1 atom stereocenters. The maximum atomic E-state index is 12.9. The van der Waals surface area contributed by atoms with Crippen LogP contribution in [0.5, 0.6) is 0 Å². The van der Waals surface area contributed by atoms with Gasteiger partial charge >= 0.3 is 0 Å². The molecule has 0 radical (unpaired) electrons. The van der Waals surface area contributed by atoms with E-state index in [-0.39, 0.29) is 5.91 Å². The van der Waals surface area contributed by atoms with Crippen molar-refractivity contribution in [1.82, 2.24) is 10.2 Å². The number of hydrogen-bond donors (Lipinski definition) is 2. The minimum Gasteiger partial charge on any atom is -0.383 e. The van der Waals surface area contributed by atoms with Crippen LogP contribution in [0.4, 0.5) is 5.69 Å². The number of carbonyl (C=O) groups excluding carboxylic acids is 1. The van der Waals surface area contributed by atoms with E-state index in [0.29, 0.717) is 35.5 Å². The summed E-state index contributed by atoms with van der Waals surface area (Å²) in [5, 5.41) is 7.21. The molecule has 0 saturated carbocycles. The molecule has 1 fully saturated rings. The van der Waals surface area contributed by atoms with Crippen LogP contribution in [-0.2, 0) is 11.3 Å². The second-order valence-electron chi connectivity index (χ2n) is 7.02. The number of nitrogens with zero attached hydrogens (tertiary/aromatic N) is 2. The van der Waals surface area contributed by atoms with Crippen LogP contribution in [0.15, 0.2) is 41.4 Å². The maximum Gasteiger partial charge on any atom is 0.264 e. The molecule has 0 aliphatic carbocycles. The van der Waals surface area contributed by atoms with Crippen molar-refractivity contribution in [2.45, 2.75) is 18.5 Å². The third kappa shape index (κ3) is 3.80. The van der Waals surface area contributed by atoms with Gasteiger partial charge in [0.25, 0.3) is 5.91 Å². The molecule has 8 heteroatoms. The normalized spacial score (nSPS) is 22.9. The monoisotopic (exact) mass is 418 g/mol. The van der Waals surface area contributed by atoms with Crippen LogP contribution < -0.4 is 10.6 Å². The Morgan fingerprint density at radius 2 is 2.21 bits per heavy atom. The number of ether oxygens (including phenoxy) is 1. The number of anilines is 1. The third-order valence-electron chi connectivity index (χ3n) is 5.25. The molecule has 0 unspecified atom stereocenters. The van der Waals surface area contributed by atoms with Crippen molar-refractivity contribution in [3.8, 4) is 0 Å². The number of methoxy groups -OCH3 is 1. The first kappa shape index (κ1) is 19.4. The van der Waals surface area contributed by atoms with Crippen LogP contribution in [0.2, 0.25) is 4.34 Å². The Bertz CT molecular complexity index is 900. The second-order valence-corrected chi connectivity index (χ2v) is 8.74. The quantitative estimate of drug-likeness (QED) is 0.748. The average molecular weight is 419 g/mol. The third-order valence-corrected chi connectivity index (χ3v) is 6.47. The fourth-order valence-corrected chi connectivity index (χ4v) is 4.75. The first-order valence-electron chi connectivity index (χ1n) is 9.30. The Labute approximate surface area is 173 Å². The van der Waals surface area contributed by atoms with Gasteiger partial charge in [0.15, 0.2) is 0 Å². The smallest absolute Gasteiger partial charge is 0.264 e. The number of likely N-dealkylation sites (tertiary alicyclic amines) is 1. The molecule has 4 rings (SSSR count). The van der Waals surface area contributed by atoms with Crippen molar-refractivity contribution >= 4 is 40.4 Å². The number of nitrogens with one attached hydrogen (secondary N) is 2. The number of amidine groups is 1. The summed E-state index contributed by atoms with van der Waals surface area (Å²) in [4.78, 5) is 20.3. The van der Waals surface area contributed by atoms with Crippen LogP contribution in [0, 0.1) is 0 Å². The van der Waals surface area contributed by atoms with Crippen LogP contribution in [0.25, 0.3) is 0 Å². The minimum atomic E-state index is -0.399. The Morgan fingerprint density at radius 1 is 1.36 bits per heavy atom. The van der Waals surface area contributed by atoms with E-state index in [9.17, 15) is 4.79 Å². The highest BCUT2D eigenvalue weighted by atomic mass is 35.5. The van der Waals surface area contributed by atoms with Gasteiger partial charge in [-0.2, -0.15) is 0 Å². The number of halogens is 1. The lowest BCUT2D eigenvalue weighted by Crippen LogP contribution is -2.55. The lowest BCUT2D eigenvalue weighted by atomic mass is 9.96. The van der Waals surface area contributed by atoms with Crippen LogP contribution in [0.3, 0.4) is 0 Å². The van der Waals surface area contributed by atoms with E-state index >= 15 is 0 Å². The van der Waals surface area contributed by atoms with Crippen molar-refractivity contribution in [3.05, 3.63) is 51.2 Å². The molecule has 3 heterocycles. The van der Waals surface area contributed by atoms with Crippen molar-refractivity contribution in [2.75, 3.05) is 38.7 Å². The van der Waals surface area contributed by atoms with Gasteiger partial charge in [0.2, 0.25) is 0 Å². The lowest BCUT2D eigenvalue weighted by molar-refractivity contribution is 0.0790. The molecule has 1 spiro atoms. The van der Waals surface area contributed by atoms with Gasteiger partial charge in [-0.25, -0.2) is 0 Å². The number of hydrogen-bond acceptors (Lipinski definition) is 5. The largest absolute Gasteiger partial charge is 0.383 e. The van der Waals surface area contributed by atoms with Gasteiger partial charge in [0.1, 0.15) is 5.84 Å². The summed E-state index contributed by atoms with van der Waals surface area (Å²) in [6.07, 6.45) is 0.796. The zero-order chi connectivity index (χ0) is 19.6. The highest BCUT2D eigenvalue weighted by molar-refractivity contribution is 7.17. The van der Waals surface area contributed by atoms with Gasteiger partial charge in [-0.05, 0) is 30.2 Å². The fourth-order valence-electron chi connectivity index (χ4n) is 3.74. The zero-order valence-electron chi connectivity index (χ0n) is 15.7. The van der Waals surface area contributed by atoms with Crippen LogP contribution >= 0.6 is 22.9 Å². The van der Waals surface area contributed by atoms with Gasteiger partial charge in [0, 0.05) is 32.4 Å². The summed E-state index contributed by atoms with van der Waals surface area (Å²) in [6, 6.07) is 11.8. The number of amides is 1. The predicted molar refractivity (Wildman–Crippen MR) is 114 cm³/mol. The number of aliphatic imine (C=N–C) groups is 1. The van der Waals surface area contributed by atoms with Gasteiger partial charge in [-0.15, -0.1) is 11.3 Å². The summed E-state index contributed by atoms with van der Waals surface area (Å²) in [6.45, 7) is 3.08. The Kier molecular flexibility index (Phi) is 5.68. The number of para-hydroxylation sites is 1. The van der Waals surface area contributed by atoms with E-state index in [1.807, 2.05) is 17.0 Å². The lowest BCUT2D eigenvalue weighted by Gasteiger charge is -2.30. The molecule has 1 saturated heterocycles. The minimum absolute atomic E-state index is 0.0218. The molecule has 0 bridgehead atoms. The van der Waals surface area contributed by atoms with Crippen LogP contribution in [-0.4, -0.2) is 55.5 Å². The average Bonchev–Trinajstić information content (AvgIpc) is 3.29. The summed E-state index contributed by atoms with van der Waals surface area (Å²) in [5.74, 6) is 0.891. The molecular formula is C20H23ClN4O2S. The molecule has 148 valence electrons. The van der Waals surface area contributed by atoms with Crippen molar-refractivity contribution in [1.29, 1.82) is 0 Å². The molecule has 2 aromatic rings.